The van der Waals surface area contributed by atoms with E-state index in [1.807, 2.05) is 26.0 Å². The number of carboxylic acids is 1. The van der Waals surface area contributed by atoms with Crippen molar-refractivity contribution in [3.63, 3.8) is 0 Å². The zero-order valence-electron chi connectivity index (χ0n) is 8.25. The molecule has 1 atom stereocenters. The smallest absolute Gasteiger partial charge is 0.326 e. The van der Waals surface area contributed by atoms with Gasteiger partial charge in [-0.15, -0.1) is 11.6 Å². The standard InChI is InChI=1S/C11H13ClO2/c1-3-8-6-7(2)4-5-9(8)10(12)11(13)14/h4-6,10H,3H2,1-2H3,(H,13,14). The Morgan fingerprint density at radius 3 is 2.71 bits per heavy atom. The van der Waals surface area contributed by atoms with Crippen LogP contribution in [0, 0.1) is 6.92 Å². The molecule has 1 rings (SSSR count). The number of rotatable bonds is 3. The lowest BCUT2D eigenvalue weighted by molar-refractivity contribution is -0.136. The minimum Gasteiger partial charge on any atom is -0.480 e. The second-order valence-corrected chi connectivity index (χ2v) is 3.69. The lowest BCUT2D eigenvalue weighted by Gasteiger charge is -2.10. The predicted molar refractivity (Wildman–Crippen MR) is 56.8 cm³/mol. The van der Waals surface area contributed by atoms with Gasteiger partial charge in [0.1, 0.15) is 0 Å². The molecule has 0 aliphatic rings. The molecule has 0 heterocycles. The Labute approximate surface area is 88.5 Å². The Morgan fingerprint density at radius 2 is 2.21 bits per heavy atom. The third-order valence-electron chi connectivity index (χ3n) is 2.17. The molecule has 3 heteroatoms. The number of hydrogen-bond acceptors (Lipinski definition) is 1. The van der Waals surface area contributed by atoms with Crippen molar-refractivity contribution < 1.29 is 9.90 Å². The van der Waals surface area contributed by atoms with E-state index in [1.165, 1.54) is 0 Å². The third kappa shape index (κ3) is 2.26. The topological polar surface area (TPSA) is 37.3 Å². The SMILES string of the molecule is CCc1cc(C)ccc1C(Cl)C(=O)O. The molecule has 1 N–H and O–H groups in total. The number of alkyl halides is 1. The Hall–Kier alpha value is -1.02. The van der Waals surface area contributed by atoms with Gasteiger partial charge in [-0.3, -0.25) is 4.79 Å². The Balaban J connectivity index is 3.13. The molecule has 0 saturated carbocycles. The van der Waals surface area contributed by atoms with Crippen LogP contribution in [0.2, 0.25) is 0 Å². The highest BCUT2D eigenvalue weighted by molar-refractivity contribution is 6.29. The largest absolute Gasteiger partial charge is 0.480 e. The summed E-state index contributed by atoms with van der Waals surface area (Å²) in [5.74, 6) is -0.995. The normalized spacial score (nSPS) is 12.5. The molecule has 0 bridgehead atoms. The van der Waals surface area contributed by atoms with Crippen LogP contribution in [0.3, 0.4) is 0 Å². The molecule has 0 fully saturated rings. The van der Waals surface area contributed by atoms with Gasteiger partial charge in [0.25, 0.3) is 0 Å². The number of hydrogen-bond donors (Lipinski definition) is 1. The maximum Gasteiger partial charge on any atom is 0.326 e. The van der Waals surface area contributed by atoms with Crippen LogP contribution < -0.4 is 0 Å². The number of halogens is 1. The van der Waals surface area contributed by atoms with Gasteiger partial charge in [-0.2, -0.15) is 0 Å². The molecule has 0 aromatic heterocycles. The molecule has 0 aliphatic heterocycles. The van der Waals surface area contributed by atoms with Gasteiger partial charge in [0, 0.05) is 0 Å². The van der Waals surface area contributed by atoms with E-state index in [9.17, 15) is 4.79 Å². The monoisotopic (exact) mass is 212 g/mol. The first kappa shape index (κ1) is 11.1. The lowest BCUT2D eigenvalue weighted by Crippen LogP contribution is -2.07. The van der Waals surface area contributed by atoms with Crippen LogP contribution in [0.25, 0.3) is 0 Å². The average molecular weight is 213 g/mol. The predicted octanol–water partition coefficient (Wildman–Crippen LogP) is 2.92. The molecule has 0 amide bonds. The zero-order chi connectivity index (χ0) is 10.7. The summed E-state index contributed by atoms with van der Waals surface area (Å²) >= 11 is 5.78. The molecule has 14 heavy (non-hydrogen) atoms. The third-order valence-corrected chi connectivity index (χ3v) is 2.59. The summed E-state index contributed by atoms with van der Waals surface area (Å²) in [7, 11) is 0. The molecule has 0 spiro atoms. The first-order chi connectivity index (χ1) is 6.56. The molecule has 1 aromatic rings. The average Bonchev–Trinajstić information content (AvgIpc) is 2.16. The van der Waals surface area contributed by atoms with Gasteiger partial charge in [-0.1, -0.05) is 30.7 Å². The summed E-state index contributed by atoms with van der Waals surface area (Å²) in [5.41, 5.74) is 2.83. The quantitative estimate of drug-likeness (QED) is 0.783. The summed E-state index contributed by atoms with van der Waals surface area (Å²) in [4.78, 5) is 10.7. The summed E-state index contributed by atoms with van der Waals surface area (Å²) in [6, 6.07) is 5.65. The highest BCUT2D eigenvalue weighted by atomic mass is 35.5. The first-order valence-corrected chi connectivity index (χ1v) is 4.96. The molecule has 0 aliphatic carbocycles. The molecule has 0 radical (unpaired) electrons. The van der Waals surface area contributed by atoms with Crippen molar-refractivity contribution in [2.24, 2.45) is 0 Å². The van der Waals surface area contributed by atoms with Gasteiger partial charge >= 0.3 is 5.97 Å². The van der Waals surface area contributed by atoms with Crippen LogP contribution in [-0.4, -0.2) is 11.1 Å². The highest BCUT2D eigenvalue weighted by Crippen LogP contribution is 2.25. The number of aliphatic carboxylic acids is 1. The van der Waals surface area contributed by atoms with Crippen LogP contribution in [0.5, 0.6) is 0 Å². The number of benzene rings is 1. The summed E-state index contributed by atoms with van der Waals surface area (Å²) in [6.07, 6.45) is 0.799. The lowest BCUT2D eigenvalue weighted by atomic mass is 10.00. The van der Waals surface area contributed by atoms with Crippen molar-refractivity contribution in [3.05, 3.63) is 34.9 Å². The second kappa shape index (κ2) is 4.47. The Kier molecular flexibility index (Phi) is 3.53. The van der Waals surface area contributed by atoms with Crippen LogP contribution in [0.4, 0.5) is 0 Å². The van der Waals surface area contributed by atoms with Crippen LogP contribution in [0.15, 0.2) is 18.2 Å². The van der Waals surface area contributed by atoms with E-state index in [0.29, 0.717) is 5.56 Å². The molecule has 1 unspecified atom stereocenters. The molecule has 2 nitrogen and oxygen atoms in total. The Bertz CT molecular complexity index is 347. The van der Waals surface area contributed by atoms with Gasteiger partial charge < -0.3 is 5.11 Å². The van der Waals surface area contributed by atoms with E-state index < -0.39 is 11.3 Å². The van der Waals surface area contributed by atoms with Crippen molar-refractivity contribution in [2.75, 3.05) is 0 Å². The minimum absolute atomic E-state index is 0.701. The maximum atomic E-state index is 10.7. The van der Waals surface area contributed by atoms with Crippen LogP contribution in [-0.2, 0) is 11.2 Å². The Morgan fingerprint density at radius 1 is 1.57 bits per heavy atom. The van der Waals surface area contributed by atoms with E-state index in [2.05, 4.69) is 0 Å². The van der Waals surface area contributed by atoms with Crippen molar-refractivity contribution in [1.29, 1.82) is 0 Å². The van der Waals surface area contributed by atoms with E-state index in [4.69, 9.17) is 16.7 Å². The van der Waals surface area contributed by atoms with Gasteiger partial charge in [0.2, 0.25) is 0 Å². The molecule has 0 saturated heterocycles. The highest BCUT2D eigenvalue weighted by Gasteiger charge is 2.18. The first-order valence-electron chi connectivity index (χ1n) is 4.52. The van der Waals surface area contributed by atoms with Crippen LogP contribution in [0.1, 0.15) is 29.0 Å². The van der Waals surface area contributed by atoms with E-state index in [1.54, 1.807) is 6.07 Å². The molecular formula is C11H13ClO2. The van der Waals surface area contributed by atoms with Gasteiger partial charge in [0.05, 0.1) is 0 Å². The van der Waals surface area contributed by atoms with Gasteiger partial charge in [-0.25, -0.2) is 0 Å². The van der Waals surface area contributed by atoms with Gasteiger partial charge in [-0.05, 0) is 24.5 Å². The van der Waals surface area contributed by atoms with Crippen molar-refractivity contribution in [3.8, 4) is 0 Å². The van der Waals surface area contributed by atoms with E-state index >= 15 is 0 Å². The fraction of sp³-hybridized carbons (Fsp3) is 0.364. The summed E-state index contributed by atoms with van der Waals surface area (Å²) < 4.78 is 0. The fourth-order valence-corrected chi connectivity index (χ4v) is 1.63. The summed E-state index contributed by atoms with van der Waals surface area (Å²) in [6.45, 7) is 3.97. The minimum atomic E-state index is -0.995. The zero-order valence-corrected chi connectivity index (χ0v) is 9.01. The van der Waals surface area contributed by atoms with Crippen molar-refractivity contribution >= 4 is 17.6 Å². The maximum absolute atomic E-state index is 10.7. The van der Waals surface area contributed by atoms with Crippen molar-refractivity contribution in [1.82, 2.24) is 0 Å². The molecular weight excluding hydrogens is 200 g/mol. The molecule has 1 aromatic carbocycles. The van der Waals surface area contributed by atoms with Crippen molar-refractivity contribution in [2.45, 2.75) is 25.6 Å². The number of carboxylic acid groups (broad SMARTS) is 1. The number of aryl methyl sites for hydroxylation is 2. The van der Waals surface area contributed by atoms with E-state index in [0.717, 1.165) is 17.5 Å². The summed E-state index contributed by atoms with van der Waals surface area (Å²) in [5, 5.41) is 7.85. The van der Waals surface area contributed by atoms with Crippen LogP contribution >= 0.6 is 11.6 Å². The van der Waals surface area contributed by atoms with E-state index in [-0.39, 0.29) is 0 Å². The van der Waals surface area contributed by atoms with Gasteiger partial charge in [0.15, 0.2) is 5.38 Å². The fourth-order valence-electron chi connectivity index (χ4n) is 1.42. The molecule has 76 valence electrons. The number of carbonyl (C=O) groups is 1. The second-order valence-electron chi connectivity index (χ2n) is 3.26.